The van der Waals surface area contributed by atoms with Crippen LogP contribution in [0.5, 0.6) is 0 Å². The van der Waals surface area contributed by atoms with E-state index in [2.05, 4.69) is 47.2 Å². The topological polar surface area (TPSA) is 17.0 Å². The maximum absolute atomic E-state index is 3.58. The summed E-state index contributed by atoms with van der Waals surface area (Å²) in [5, 5.41) is 3.58. The molecule has 13 heavy (non-hydrogen) atoms. The maximum Gasteiger partial charge on any atom is 0.0223 e. The lowest BCUT2D eigenvalue weighted by atomic mass is 10.2. The fourth-order valence-electron chi connectivity index (χ4n) is 1.62. The Labute approximate surface area is 83.7 Å². The molecule has 3 heteroatoms. The average molecular weight is 196 g/mol. The molecule has 0 bridgehead atoms. The second-order valence-corrected chi connectivity index (χ2v) is 4.78. The molecule has 2 nitrogen and oxygen atoms in total. The van der Waals surface area contributed by atoms with Gasteiger partial charge in [-0.05, 0) is 23.8 Å². The molecule has 1 fully saturated rings. The largest absolute Gasteiger partial charge is 0.357 e. The molecule has 1 saturated heterocycles. The van der Waals surface area contributed by atoms with Crippen LogP contribution < -0.4 is 5.32 Å². The summed E-state index contributed by atoms with van der Waals surface area (Å²) in [5.74, 6) is 2.61. The number of aromatic nitrogens is 1. The predicted molar refractivity (Wildman–Crippen MR) is 58.0 cm³/mol. The quantitative estimate of drug-likeness (QED) is 0.791. The lowest BCUT2D eigenvalue weighted by Crippen LogP contribution is -2.27. The van der Waals surface area contributed by atoms with Gasteiger partial charge < -0.3 is 9.88 Å². The molecule has 0 spiro atoms. The highest BCUT2D eigenvalue weighted by molar-refractivity contribution is 7.99. The van der Waals surface area contributed by atoms with Gasteiger partial charge in [0.2, 0.25) is 0 Å². The van der Waals surface area contributed by atoms with Crippen molar-refractivity contribution < 1.29 is 0 Å². The third-order valence-corrected chi connectivity index (χ3v) is 3.58. The van der Waals surface area contributed by atoms with Crippen LogP contribution in [0.1, 0.15) is 12.0 Å². The van der Waals surface area contributed by atoms with Crippen LogP contribution in [0.3, 0.4) is 0 Å². The molecule has 2 rings (SSSR count). The SMILES string of the molecule is Cn1ccc(CNC2CCSC2)c1. The van der Waals surface area contributed by atoms with Crippen molar-refractivity contribution in [2.75, 3.05) is 11.5 Å². The summed E-state index contributed by atoms with van der Waals surface area (Å²) >= 11 is 2.05. The van der Waals surface area contributed by atoms with Crippen molar-refractivity contribution in [2.24, 2.45) is 7.05 Å². The predicted octanol–water partition coefficient (Wildman–Crippen LogP) is 1.62. The van der Waals surface area contributed by atoms with E-state index in [1.807, 2.05) is 0 Å². The van der Waals surface area contributed by atoms with Crippen LogP contribution in [0.15, 0.2) is 18.5 Å². The van der Waals surface area contributed by atoms with E-state index in [-0.39, 0.29) is 0 Å². The lowest BCUT2D eigenvalue weighted by molar-refractivity contribution is 0.558. The van der Waals surface area contributed by atoms with Crippen LogP contribution >= 0.6 is 11.8 Å². The van der Waals surface area contributed by atoms with E-state index in [1.165, 1.54) is 23.5 Å². The normalized spacial score (nSPS) is 22.4. The molecular formula is C10H16N2S. The highest BCUT2D eigenvalue weighted by Crippen LogP contribution is 2.17. The van der Waals surface area contributed by atoms with Gasteiger partial charge in [-0.2, -0.15) is 11.8 Å². The molecule has 1 aliphatic rings. The first-order chi connectivity index (χ1) is 6.34. The van der Waals surface area contributed by atoms with Gasteiger partial charge in [0.15, 0.2) is 0 Å². The Morgan fingerprint density at radius 1 is 1.69 bits per heavy atom. The fraction of sp³-hybridized carbons (Fsp3) is 0.600. The van der Waals surface area contributed by atoms with Crippen LogP contribution in [0.4, 0.5) is 0 Å². The lowest BCUT2D eigenvalue weighted by Gasteiger charge is -2.09. The highest BCUT2D eigenvalue weighted by Gasteiger charge is 2.14. The first-order valence-corrected chi connectivity index (χ1v) is 5.92. The molecule has 1 unspecified atom stereocenters. The van der Waals surface area contributed by atoms with Gasteiger partial charge in [-0.15, -0.1) is 0 Å². The van der Waals surface area contributed by atoms with E-state index >= 15 is 0 Å². The van der Waals surface area contributed by atoms with Gasteiger partial charge in [0.25, 0.3) is 0 Å². The van der Waals surface area contributed by atoms with Crippen molar-refractivity contribution in [2.45, 2.75) is 19.0 Å². The smallest absolute Gasteiger partial charge is 0.0223 e. The zero-order chi connectivity index (χ0) is 9.10. The second kappa shape index (κ2) is 4.20. The van der Waals surface area contributed by atoms with Crippen molar-refractivity contribution in [3.8, 4) is 0 Å². The summed E-state index contributed by atoms with van der Waals surface area (Å²) in [6, 6.07) is 2.92. The number of aryl methyl sites for hydroxylation is 1. The molecule has 1 aliphatic heterocycles. The summed E-state index contributed by atoms with van der Waals surface area (Å²) in [7, 11) is 2.06. The van der Waals surface area contributed by atoms with Crippen molar-refractivity contribution in [1.82, 2.24) is 9.88 Å². The Bertz CT molecular complexity index is 264. The van der Waals surface area contributed by atoms with Crippen molar-refractivity contribution in [3.05, 3.63) is 24.0 Å². The van der Waals surface area contributed by atoms with Crippen LogP contribution in [0, 0.1) is 0 Å². The third-order valence-electron chi connectivity index (χ3n) is 2.42. The molecule has 0 radical (unpaired) electrons. The number of rotatable bonds is 3. The first kappa shape index (κ1) is 9.16. The van der Waals surface area contributed by atoms with Gasteiger partial charge in [-0.25, -0.2) is 0 Å². The fourth-order valence-corrected chi connectivity index (χ4v) is 2.81. The minimum atomic E-state index is 0.741. The van der Waals surface area contributed by atoms with Crippen LogP contribution in [-0.4, -0.2) is 22.1 Å². The molecule has 0 amide bonds. The average Bonchev–Trinajstić information content (AvgIpc) is 2.71. The molecule has 1 N–H and O–H groups in total. The molecule has 72 valence electrons. The van der Waals surface area contributed by atoms with E-state index in [0.717, 1.165) is 12.6 Å². The molecular weight excluding hydrogens is 180 g/mol. The number of nitrogens with one attached hydrogen (secondary N) is 1. The Kier molecular flexibility index (Phi) is 2.96. The molecule has 0 aliphatic carbocycles. The van der Waals surface area contributed by atoms with E-state index in [9.17, 15) is 0 Å². The highest BCUT2D eigenvalue weighted by atomic mass is 32.2. The zero-order valence-corrected chi connectivity index (χ0v) is 8.81. The number of hydrogen-bond donors (Lipinski definition) is 1. The zero-order valence-electron chi connectivity index (χ0n) is 7.99. The van der Waals surface area contributed by atoms with E-state index in [4.69, 9.17) is 0 Å². The Morgan fingerprint density at radius 3 is 3.23 bits per heavy atom. The number of hydrogen-bond acceptors (Lipinski definition) is 2. The summed E-state index contributed by atoms with van der Waals surface area (Å²) in [6.45, 7) is 1.02. The van der Waals surface area contributed by atoms with Crippen molar-refractivity contribution in [3.63, 3.8) is 0 Å². The standard InChI is InChI=1S/C10H16N2S/c1-12-4-2-9(7-12)6-11-10-3-5-13-8-10/h2,4,7,10-11H,3,5-6,8H2,1H3. The molecule has 0 saturated carbocycles. The van der Waals surface area contributed by atoms with Gasteiger partial charge in [0.1, 0.15) is 0 Å². The van der Waals surface area contributed by atoms with Crippen LogP contribution in [0.2, 0.25) is 0 Å². The van der Waals surface area contributed by atoms with Gasteiger partial charge in [-0.3, -0.25) is 0 Å². The Balaban J connectivity index is 1.78. The molecule has 0 aromatic carbocycles. The van der Waals surface area contributed by atoms with Crippen molar-refractivity contribution in [1.29, 1.82) is 0 Å². The van der Waals surface area contributed by atoms with Crippen LogP contribution in [0.25, 0.3) is 0 Å². The second-order valence-electron chi connectivity index (χ2n) is 3.63. The number of nitrogens with zero attached hydrogens (tertiary/aromatic N) is 1. The molecule has 1 atom stereocenters. The van der Waals surface area contributed by atoms with Gasteiger partial charge in [0.05, 0.1) is 0 Å². The monoisotopic (exact) mass is 196 g/mol. The summed E-state index contributed by atoms with van der Waals surface area (Å²) in [6.07, 6.45) is 5.60. The van der Waals surface area contributed by atoms with Crippen molar-refractivity contribution >= 4 is 11.8 Å². The van der Waals surface area contributed by atoms with Gasteiger partial charge in [-0.1, -0.05) is 0 Å². The van der Waals surface area contributed by atoms with Gasteiger partial charge in [0, 0.05) is 37.8 Å². The molecule has 2 heterocycles. The Morgan fingerprint density at radius 2 is 2.62 bits per heavy atom. The van der Waals surface area contributed by atoms with E-state index in [1.54, 1.807) is 0 Å². The van der Waals surface area contributed by atoms with Gasteiger partial charge >= 0.3 is 0 Å². The number of thioether (sulfide) groups is 1. The maximum atomic E-state index is 3.58. The molecule has 1 aromatic rings. The Hall–Kier alpha value is -0.410. The first-order valence-electron chi connectivity index (χ1n) is 4.76. The molecule has 1 aromatic heterocycles. The third kappa shape index (κ3) is 2.51. The van der Waals surface area contributed by atoms with E-state index < -0.39 is 0 Å². The minimum Gasteiger partial charge on any atom is -0.357 e. The summed E-state index contributed by atoms with van der Waals surface area (Å²) in [5.41, 5.74) is 1.39. The summed E-state index contributed by atoms with van der Waals surface area (Å²) in [4.78, 5) is 0. The van der Waals surface area contributed by atoms with E-state index in [0.29, 0.717) is 0 Å². The summed E-state index contributed by atoms with van der Waals surface area (Å²) < 4.78 is 2.10. The minimum absolute atomic E-state index is 0.741. The van der Waals surface area contributed by atoms with Crippen LogP contribution in [-0.2, 0) is 13.6 Å².